The maximum atomic E-state index is 12.4. The minimum atomic E-state index is -2.99. The number of hydrogen-bond donors (Lipinski definition) is 1. The number of carbonyl (C=O) groups is 2. The van der Waals surface area contributed by atoms with Gasteiger partial charge in [0.2, 0.25) is 11.8 Å². The average molecular weight is 371 g/mol. The summed E-state index contributed by atoms with van der Waals surface area (Å²) in [6, 6.07) is 5.91. The molecule has 2 rings (SSSR count). The predicted octanol–water partition coefficient (Wildman–Crippen LogP) is 2.96. The van der Waals surface area contributed by atoms with Gasteiger partial charge in [0.1, 0.15) is 11.0 Å². The molecule has 1 heterocycles. The van der Waals surface area contributed by atoms with Gasteiger partial charge in [-0.15, -0.1) is 0 Å². The number of alkyl halides is 2. The molecular weight excluding hydrogens is 352 g/mol. The summed E-state index contributed by atoms with van der Waals surface area (Å²) in [4.78, 5) is 30.4. The first kappa shape index (κ1) is 19.2. The molecule has 1 aliphatic heterocycles. The summed E-state index contributed by atoms with van der Waals surface area (Å²) in [5.74, 6) is -0.753. The molecule has 1 unspecified atom stereocenters. The Balaban J connectivity index is 2.04. The fourth-order valence-corrected chi connectivity index (χ4v) is 3.59. The van der Waals surface area contributed by atoms with Gasteiger partial charge in [0.15, 0.2) is 5.17 Å². The second kappa shape index (κ2) is 8.80. The Morgan fingerprint density at radius 1 is 1.40 bits per heavy atom. The van der Waals surface area contributed by atoms with Crippen LogP contribution in [0, 0.1) is 0 Å². The quantitative estimate of drug-likeness (QED) is 0.800. The monoisotopic (exact) mass is 371 g/mol. The number of halogens is 2. The highest BCUT2D eigenvalue weighted by Gasteiger charge is 2.38. The van der Waals surface area contributed by atoms with Crippen LogP contribution in [0.15, 0.2) is 29.3 Å². The molecule has 25 heavy (non-hydrogen) atoms. The summed E-state index contributed by atoms with van der Waals surface area (Å²) < 4.78 is 29.2. The fraction of sp³-hybridized carbons (Fsp3) is 0.438. The second-order valence-electron chi connectivity index (χ2n) is 5.07. The molecule has 6 nitrogen and oxygen atoms in total. The molecule has 136 valence electrons. The van der Waals surface area contributed by atoms with Gasteiger partial charge in [-0.2, -0.15) is 8.78 Å². The zero-order valence-corrected chi connectivity index (χ0v) is 14.7. The van der Waals surface area contributed by atoms with Gasteiger partial charge in [0.25, 0.3) is 0 Å². The Hall–Kier alpha value is -2.16. The van der Waals surface area contributed by atoms with Crippen LogP contribution in [0.25, 0.3) is 0 Å². The highest BCUT2D eigenvalue weighted by atomic mass is 32.2. The first-order valence-corrected chi connectivity index (χ1v) is 8.70. The van der Waals surface area contributed by atoms with Crippen molar-refractivity contribution in [3.8, 4) is 5.75 Å². The minimum Gasteiger partial charge on any atom is -0.433 e. The molecule has 1 fully saturated rings. The summed E-state index contributed by atoms with van der Waals surface area (Å²) in [6.45, 7) is 1.74. The van der Waals surface area contributed by atoms with Crippen LogP contribution in [-0.4, -0.2) is 46.8 Å². The maximum absolute atomic E-state index is 12.4. The van der Waals surface area contributed by atoms with Crippen molar-refractivity contribution < 1.29 is 23.1 Å². The molecule has 1 aromatic rings. The number of nitrogens with zero attached hydrogens (tertiary/aromatic N) is 2. The fourth-order valence-electron chi connectivity index (χ4n) is 2.33. The van der Waals surface area contributed by atoms with Crippen LogP contribution in [0.4, 0.5) is 14.5 Å². The van der Waals surface area contributed by atoms with Gasteiger partial charge >= 0.3 is 6.61 Å². The number of thioether (sulfide) groups is 1. The van der Waals surface area contributed by atoms with Crippen molar-refractivity contribution in [3.63, 3.8) is 0 Å². The molecule has 0 aliphatic carbocycles. The van der Waals surface area contributed by atoms with Gasteiger partial charge in [-0.25, -0.2) is 0 Å². The number of amidine groups is 1. The lowest BCUT2D eigenvalue weighted by Crippen LogP contribution is -2.33. The molecule has 2 amide bonds. The Morgan fingerprint density at radius 3 is 2.76 bits per heavy atom. The smallest absolute Gasteiger partial charge is 0.387 e. The molecule has 1 saturated heterocycles. The molecule has 0 aromatic heterocycles. The zero-order chi connectivity index (χ0) is 18.4. The van der Waals surface area contributed by atoms with Crippen LogP contribution >= 0.6 is 11.8 Å². The largest absolute Gasteiger partial charge is 0.433 e. The van der Waals surface area contributed by atoms with Crippen molar-refractivity contribution in [3.05, 3.63) is 24.3 Å². The van der Waals surface area contributed by atoms with E-state index >= 15 is 0 Å². The van der Waals surface area contributed by atoms with Crippen molar-refractivity contribution in [2.24, 2.45) is 4.99 Å². The van der Waals surface area contributed by atoms with Crippen molar-refractivity contribution in [2.75, 3.05) is 18.4 Å². The molecule has 0 spiro atoms. The summed E-state index contributed by atoms with van der Waals surface area (Å²) >= 11 is 1.24. The molecule has 0 radical (unpaired) electrons. The third-order valence-electron chi connectivity index (χ3n) is 3.38. The standard InChI is InChI=1S/C16H19F2N3O3S/c1-3-19-16-21(4-2)14(23)12(25-16)9-13(22)20-10-7-5-6-8-11(10)24-15(17)18/h5-8,12,15H,3-4,9H2,1-2H3,(H,20,22). The highest BCUT2D eigenvalue weighted by Crippen LogP contribution is 2.31. The van der Waals surface area contributed by atoms with E-state index in [0.29, 0.717) is 18.3 Å². The van der Waals surface area contributed by atoms with Crippen LogP contribution in [0.1, 0.15) is 20.3 Å². The Bertz CT molecular complexity index is 670. The molecule has 1 aliphatic rings. The Labute approximate surface area is 148 Å². The van der Waals surface area contributed by atoms with Gasteiger partial charge < -0.3 is 10.1 Å². The van der Waals surface area contributed by atoms with Crippen LogP contribution < -0.4 is 10.1 Å². The number of carbonyl (C=O) groups excluding carboxylic acids is 2. The van der Waals surface area contributed by atoms with E-state index in [0.717, 1.165) is 0 Å². The number of ether oxygens (including phenoxy) is 1. The van der Waals surface area contributed by atoms with Crippen molar-refractivity contribution in [1.82, 2.24) is 4.90 Å². The van der Waals surface area contributed by atoms with Crippen molar-refractivity contribution >= 4 is 34.4 Å². The third kappa shape index (κ3) is 4.91. The van der Waals surface area contributed by atoms with Crippen LogP contribution in [0.2, 0.25) is 0 Å². The van der Waals surface area contributed by atoms with E-state index in [-0.39, 0.29) is 23.8 Å². The third-order valence-corrected chi connectivity index (χ3v) is 4.59. The molecular formula is C16H19F2N3O3S. The Kier molecular flexibility index (Phi) is 6.74. The summed E-state index contributed by atoms with van der Waals surface area (Å²) in [5.41, 5.74) is 0.137. The van der Waals surface area contributed by atoms with E-state index in [1.807, 2.05) is 13.8 Å². The van der Waals surface area contributed by atoms with Gasteiger partial charge in [-0.05, 0) is 26.0 Å². The van der Waals surface area contributed by atoms with E-state index in [1.165, 1.54) is 30.0 Å². The van der Waals surface area contributed by atoms with E-state index in [4.69, 9.17) is 0 Å². The summed E-state index contributed by atoms with van der Waals surface area (Å²) in [6.07, 6.45) is -0.0776. The lowest BCUT2D eigenvalue weighted by Gasteiger charge is -2.14. The van der Waals surface area contributed by atoms with E-state index in [9.17, 15) is 18.4 Å². The molecule has 9 heteroatoms. The second-order valence-corrected chi connectivity index (χ2v) is 6.24. The number of para-hydroxylation sites is 2. The number of rotatable bonds is 7. The number of anilines is 1. The van der Waals surface area contributed by atoms with E-state index < -0.39 is 17.8 Å². The van der Waals surface area contributed by atoms with Gasteiger partial charge in [0, 0.05) is 19.5 Å². The lowest BCUT2D eigenvalue weighted by atomic mass is 10.2. The summed E-state index contributed by atoms with van der Waals surface area (Å²) in [7, 11) is 0. The van der Waals surface area contributed by atoms with Crippen LogP contribution in [0.5, 0.6) is 5.75 Å². The van der Waals surface area contributed by atoms with Gasteiger partial charge in [-0.1, -0.05) is 23.9 Å². The highest BCUT2D eigenvalue weighted by molar-refractivity contribution is 8.15. The zero-order valence-electron chi connectivity index (χ0n) is 13.9. The van der Waals surface area contributed by atoms with Gasteiger partial charge in [0.05, 0.1) is 5.69 Å². The molecule has 0 bridgehead atoms. The number of aliphatic imine (C=N–C) groups is 1. The summed E-state index contributed by atoms with van der Waals surface area (Å²) in [5, 5.41) is 2.55. The minimum absolute atomic E-state index is 0.0776. The molecule has 0 saturated carbocycles. The first-order valence-electron chi connectivity index (χ1n) is 7.82. The lowest BCUT2D eigenvalue weighted by molar-refractivity contribution is -0.128. The normalized spacial score (nSPS) is 18.9. The topological polar surface area (TPSA) is 71.0 Å². The van der Waals surface area contributed by atoms with Crippen LogP contribution in [0.3, 0.4) is 0 Å². The predicted molar refractivity (Wildman–Crippen MR) is 93.1 cm³/mol. The molecule has 1 aromatic carbocycles. The number of hydrogen-bond acceptors (Lipinski definition) is 5. The SMILES string of the molecule is CCN=C1SC(CC(=O)Nc2ccccc2OC(F)F)C(=O)N1CC. The molecule has 1 N–H and O–H groups in total. The number of amides is 2. The Morgan fingerprint density at radius 2 is 2.12 bits per heavy atom. The van der Waals surface area contributed by atoms with Crippen LogP contribution in [-0.2, 0) is 9.59 Å². The average Bonchev–Trinajstić information content (AvgIpc) is 2.84. The first-order chi connectivity index (χ1) is 12.0. The number of nitrogens with one attached hydrogen (secondary N) is 1. The molecule has 1 atom stereocenters. The van der Waals surface area contributed by atoms with Crippen molar-refractivity contribution in [2.45, 2.75) is 32.1 Å². The van der Waals surface area contributed by atoms with Gasteiger partial charge in [-0.3, -0.25) is 19.5 Å². The number of benzene rings is 1. The van der Waals surface area contributed by atoms with Crippen molar-refractivity contribution in [1.29, 1.82) is 0 Å². The van der Waals surface area contributed by atoms with E-state index in [2.05, 4.69) is 15.0 Å². The van der Waals surface area contributed by atoms with E-state index in [1.54, 1.807) is 11.0 Å². The maximum Gasteiger partial charge on any atom is 0.387 e.